The number of rotatable bonds is 12. The number of esters is 1. The molecule has 0 spiro atoms. The Morgan fingerprint density at radius 3 is 2.20 bits per heavy atom. The Hall–Kier alpha value is -5.45. The molecule has 0 fully saturated rings. The van der Waals surface area contributed by atoms with Gasteiger partial charge in [0.2, 0.25) is 0 Å². The van der Waals surface area contributed by atoms with Gasteiger partial charge in [-0.3, -0.25) is 9.59 Å². The van der Waals surface area contributed by atoms with E-state index in [4.69, 9.17) is 9.47 Å². The molecule has 0 saturated heterocycles. The third kappa shape index (κ3) is 7.88. The van der Waals surface area contributed by atoms with Crippen LogP contribution in [-0.4, -0.2) is 58.1 Å². The van der Waals surface area contributed by atoms with E-state index in [0.29, 0.717) is 16.7 Å². The highest BCUT2D eigenvalue weighted by Crippen LogP contribution is 2.25. The van der Waals surface area contributed by atoms with Crippen LogP contribution in [0.5, 0.6) is 11.5 Å². The van der Waals surface area contributed by atoms with Crippen LogP contribution in [0.25, 0.3) is 10.9 Å². The zero-order chi connectivity index (χ0) is 31.8. The molecule has 11 heteroatoms. The molecule has 3 aromatic carbocycles. The lowest BCUT2D eigenvalue weighted by Gasteiger charge is -2.19. The van der Waals surface area contributed by atoms with E-state index < -0.39 is 41.8 Å². The Labute approximate surface area is 253 Å². The molecule has 0 saturated carbocycles. The van der Waals surface area contributed by atoms with Gasteiger partial charge in [0.25, 0.3) is 11.8 Å². The molecule has 4 aromatic rings. The maximum absolute atomic E-state index is 13.5. The minimum absolute atomic E-state index is 0.00497. The number of nitrogens with zero attached hydrogens (tertiary/aromatic N) is 1. The van der Waals surface area contributed by atoms with Crippen molar-refractivity contribution < 1.29 is 38.9 Å². The number of phenolic OH excluding ortho intramolecular Hbond substituents is 1. The van der Waals surface area contributed by atoms with Gasteiger partial charge in [-0.1, -0.05) is 56.3 Å². The van der Waals surface area contributed by atoms with E-state index in [-0.39, 0.29) is 35.6 Å². The lowest BCUT2D eigenvalue weighted by Crippen LogP contribution is -2.45. The number of carboxylic acid groups (broad SMARTS) is 1. The predicted octanol–water partition coefficient (Wildman–Crippen LogP) is 3.87. The van der Waals surface area contributed by atoms with Crippen LogP contribution in [0.3, 0.4) is 0 Å². The Kier molecular flexibility index (Phi) is 10.1. The SMILES string of the molecule is COC(=O)[C@H](Cc1ccc(O)cc1)NC(=O)c1cc(C(=O)N[C@H](C(=O)O)C(C)C)c2cc(OCc3ccccc3)ccc2n1. The van der Waals surface area contributed by atoms with Gasteiger partial charge < -0.3 is 30.3 Å². The number of amides is 2. The van der Waals surface area contributed by atoms with Crippen molar-refractivity contribution in [3.63, 3.8) is 0 Å². The van der Waals surface area contributed by atoms with Gasteiger partial charge in [0.05, 0.1) is 18.2 Å². The van der Waals surface area contributed by atoms with Crippen molar-refractivity contribution in [3.05, 3.63) is 101 Å². The summed E-state index contributed by atoms with van der Waals surface area (Å²) in [5.41, 5.74) is 1.70. The summed E-state index contributed by atoms with van der Waals surface area (Å²) in [6.07, 6.45) is 0.0659. The molecule has 1 aromatic heterocycles. The minimum atomic E-state index is -1.20. The maximum Gasteiger partial charge on any atom is 0.328 e. The van der Waals surface area contributed by atoms with Crippen molar-refractivity contribution in [2.75, 3.05) is 7.11 Å². The Bertz CT molecular complexity index is 1660. The molecule has 4 N–H and O–H groups in total. The monoisotopic (exact) mass is 599 g/mol. The number of phenols is 1. The van der Waals surface area contributed by atoms with Crippen LogP contribution in [-0.2, 0) is 27.4 Å². The van der Waals surface area contributed by atoms with E-state index in [0.717, 1.165) is 5.56 Å². The maximum atomic E-state index is 13.5. The minimum Gasteiger partial charge on any atom is -0.508 e. The second-order valence-corrected chi connectivity index (χ2v) is 10.5. The first-order valence-corrected chi connectivity index (χ1v) is 13.9. The molecular formula is C33H33N3O8. The number of benzene rings is 3. The number of methoxy groups -OCH3 is 1. The molecular weight excluding hydrogens is 566 g/mol. The largest absolute Gasteiger partial charge is 0.508 e. The number of aromatic nitrogens is 1. The molecule has 0 unspecified atom stereocenters. The van der Waals surface area contributed by atoms with Crippen LogP contribution in [0.2, 0.25) is 0 Å². The second kappa shape index (κ2) is 14.1. The highest BCUT2D eigenvalue weighted by molar-refractivity contribution is 6.10. The van der Waals surface area contributed by atoms with Gasteiger partial charge in [-0.25, -0.2) is 14.6 Å². The summed E-state index contributed by atoms with van der Waals surface area (Å²) in [5, 5.41) is 24.7. The van der Waals surface area contributed by atoms with Crippen molar-refractivity contribution in [3.8, 4) is 11.5 Å². The standard InChI is InChI=1S/C33H33N3O8/c1-19(2)29(32(40)41)36-30(38)25-17-27(31(39)35-28(33(42)43-3)15-20-9-11-22(37)12-10-20)34-26-14-13-23(16-24(25)26)44-18-21-7-5-4-6-8-21/h4-14,16-17,19,28-29,37H,15,18H2,1-3H3,(H,35,39)(H,36,38)(H,40,41)/t28-,29-/m0/s1. The second-order valence-electron chi connectivity index (χ2n) is 10.5. The summed E-state index contributed by atoms with van der Waals surface area (Å²) in [5.74, 6) is -3.31. The molecule has 0 radical (unpaired) electrons. The number of fused-ring (bicyclic) bond motifs is 1. The molecule has 11 nitrogen and oxygen atoms in total. The topological polar surface area (TPSA) is 164 Å². The van der Waals surface area contributed by atoms with Crippen molar-refractivity contribution in [2.24, 2.45) is 5.92 Å². The number of ether oxygens (including phenoxy) is 2. The van der Waals surface area contributed by atoms with E-state index in [9.17, 15) is 29.4 Å². The number of nitrogens with one attached hydrogen (secondary N) is 2. The first-order chi connectivity index (χ1) is 21.0. The number of hydrogen-bond acceptors (Lipinski definition) is 8. The number of aromatic hydroxyl groups is 1. The van der Waals surface area contributed by atoms with Gasteiger partial charge in [0, 0.05) is 11.8 Å². The van der Waals surface area contributed by atoms with Crippen LogP contribution in [0.1, 0.15) is 45.8 Å². The fraction of sp³-hybridized carbons (Fsp3) is 0.242. The number of hydrogen-bond donors (Lipinski definition) is 4. The van der Waals surface area contributed by atoms with Gasteiger partial charge in [-0.2, -0.15) is 0 Å². The third-order valence-electron chi connectivity index (χ3n) is 6.89. The van der Waals surface area contributed by atoms with E-state index >= 15 is 0 Å². The molecule has 228 valence electrons. The lowest BCUT2D eigenvalue weighted by atomic mass is 10.0. The Balaban J connectivity index is 1.69. The number of carbonyl (C=O) groups is 4. The summed E-state index contributed by atoms with van der Waals surface area (Å²) >= 11 is 0. The van der Waals surface area contributed by atoms with E-state index in [2.05, 4.69) is 15.6 Å². The predicted molar refractivity (Wildman–Crippen MR) is 161 cm³/mol. The average molecular weight is 600 g/mol. The zero-order valence-electron chi connectivity index (χ0n) is 24.4. The van der Waals surface area contributed by atoms with Crippen LogP contribution in [0, 0.1) is 5.92 Å². The van der Waals surface area contributed by atoms with Crippen LogP contribution >= 0.6 is 0 Å². The quantitative estimate of drug-likeness (QED) is 0.177. The van der Waals surface area contributed by atoms with Crippen LogP contribution in [0.15, 0.2) is 78.9 Å². The lowest BCUT2D eigenvalue weighted by molar-refractivity contribution is -0.143. The molecule has 0 aliphatic rings. The Morgan fingerprint density at radius 2 is 1.57 bits per heavy atom. The van der Waals surface area contributed by atoms with E-state index in [1.807, 2.05) is 30.3 Å². The van der Waals surface area contributed by atoms with Gasteiger partial charge in [-0.15, -0.1) is 0 Å². The van der Waals surface area contributed by atoms with Crippen molar-refractivity contribution >= 4 is 34.7 Å². The number of carbonyl (C=O) groups excluding carboxylic acids is 3. The van der Waals surface area contributed by atoms with Crippen LogP contribution in [0.4, 0.5) is 0 Å². The normalized spacial score (nSPS) is 12.3. The zero-order valence-corrected chi connectivity index (χ0v) is 24.4. The van der Waals surface area contributed by atoms with Gasteiger partial charge in [-0.05, 0) is 53.4 Å². The summed E-state index contributed by atoms with van der Waals surface area (Å²) in [7, 11) is 1.19. The summed E-state index contributed by atoms with van der Waals surface area (Å²) in [6, 6.07) is 19.5. The smallest absolute Gasteiger partial charge is 0.328 e. The first kappa shape index (κ1) is 31.5. The molecule has 1 heterocycles. The molecule has 0 aliphatic carbocycles. The molecule has 4 rings (SSSR count). The van der Waals surface area contributed by atoms with Crippen molar-refractivity contribution in [2.45, 2.75) is 39.0 Å². The van der Waals surface area contributed by atoms with Crippen molar-refractivity contribution in [1.29, 1.82) is 0 Å². The molecule has 0 aliphatic heterocycles. The highest BCUT2D eigenvalue weighted by Gasteiger charge is 2.28. The van der Waals surface area contributed by atoms with Gasteiger partial charge in [0.15, 0.2) is 0 Å². The average Bonchev–Trinajstić information content (AvgIpc) is 3.02. The molecule has 0 bridgehead atoms. The fourth-order valence-corrected chi connectivity index (χ4v) is 4.51. The Morgan fingerprint density at radius 1 is 0.864 bits per heavy atom. The molecule has 44 heavy (non-hydrogen) atoms. The summed E-state index contributed by atoms with van der Waals surface area (Å²) in [6.45, 7) is 3.60. The van der Waals surface area contributed by atoms with Gasteiger partial charge in [0.1, 0.15) is 35.9 Å². The fourth-order valence-electron chi connectivity index (χ4n) is 4.51. The number of pyridine rings is 1. The molecule has 2 amide bonds. The van der Waals surface area contributed by atoms with E-state index in [1.165, 1.54) is 25.3 Å². The van der Waals surface area contributed by atoms with Crippen molar-refractivity contribution in [1.82, 2.24) is 15.6 Å². The van der Waals surface area contributed by atoms with E-state index in [1.54, 1.807) is 44.2 Å². The summed E-state index contributed by atoms with van der Waals surface area (Å²) < 4.78 is 10.8. The molecule has 2 atom stereocenters. The summed E-state index contributed by atoms with van der Waals surface area (Å²) in [4.78, 5) is 55.8. The highest BCUT2D eigenvalue weighted by atomic mass is 16.5. The van der Waals surface area contributed by atoms with Crippen LogP contribution < -0.4 is 15.4 Å². The first-order valence-electron chi connectivity index (χ1n) is 13.9. The van der Waals surface area contributed by atoms with Gasteiger partial charge >= 0.3 is 11.9 Å². The number of carboxylic acids is 1. The number of aliphatic carboxylic acids is 1. The third-order valence-corrected chi connectivity index (χ3v) is 6.89.